The van der Waals surface area contributed by atoms with Crippen molar-refractivity contribution in [1.82, 2.24) is 0 Å². The van der Waals surface area contributed by atoms with Crippen molar-refractivity contribution in [3.8, 4) is 11.8 Å². The Labute approximate surface area is 176 Å². The van der Waals surface area contributed by atoms with Gasteiger partial charge in [0.25, 0.3) is 0 Å². The molecule has 0 aromatic heterocycles. The van der Waals surface area contributed by atoms with E-state index in [0.29, 0.717) is 12.2 Å². The number of benzene rings is 3. The van der Waals surface area contributed by atoms with Crippen molar-refractivity contribution in [2.45, 2.75) is 26.3 Å². The SMILES string of the molecule is CCCCN(Cc1ccc(C#Cc2ccccc2)cc1)c1ccc(F)c(C(=O)O)c1. The summed E-state index contributed by atoms with van der Waals surface area (Å²) >= 11 is 0. The first kappa shape index (κ1) is 21.1. The molecule has 0 amide bonds. The minimum atomic E-state index is -1.26. The maximum Gasteiger partial charge on any atom is 0.338 e. The van der Waals surface area contributed by atoms with Crippen molar-refractivity contribution in [2.24, 2.45) is 0 Å². The Morgan fingerprint density at radius 3 is 2.27 bits per heavy atom. The lowest BCUT2D eigenvalue weighted by Gasteiger charge is -2.25. The summed E-state index contributed by atoms with van der Waals surface area (Å²) in [7, 11) is 0. The fraction of sp³-hybridized carbons (Fsp3) is 0.192. The summed E-state index contributed by atoms with van der Waals surface area (Å²) in [5.41, 5.74) is 3.38. The molecule has 3 rings (SSSR count). The molecule has 3 nitrogen and oxygen atoms in total. The first-order valence-corrected chi connectivity index (χ1v) is 10.0. The van der Waals surface area contributed by atoms with E-state index >= 15 is 0 Å². The summed E-state index contributed by atoms with van der Waals surface area (Å²) in [6, 6.07) is 22.1. The summed E-state index contributed by atoms with van der Waals surface area (Å²) in [6.45, 7) is 3.47. The van der Waals surface area contributed by atoms with E-state index in [0.717, 1.165) is 36.1 Å². The zero-order valence-electron chi connectivity index (χ0n) is 16.9. The van der Waals surface area contributed by atoms with Crippen LogP contribution in [0.1, 0.15) is 46.8 Å². The molecule has 0 bridgehead atoms. The van der Waals surface area contributed by atoms with Gasteiger partial charge in [-0.3, -0.25) is 0 Å². The number of halogens is 1. The van der Waals surface area contributed by atoms with Gasteiger partial charge in [-0.2, -0.15) is 0 Å². The van der Waals surface area contributed by atoms with E-state index in [9.17, 15) is 14.3 Å². The fourth-order valence-corrected chi connectivity index (χ4v) is 3.10. The van der Waals surface area contributed by atoms with Crippen molar-refractivity contribution in [3.05, 3.63) is 101 Å². The van der Waals surface area contributed by atoms with Gasteiger partial charge in [-0.1, -0.05) is 55.5 Å². The lowest BCUT2D eigenvalue weighted by atomic mass is 10.1. The number of carboxylic acid groups (broad SMARTS) is 1. The molecule has 0 fully saturated rings. The highest BCUT2D eigenvalue weighted by Crippen LogP contribution is 2.22. The van der Waals surface area contributed by atoms with E-state index < -0.39 is 11.8 Å². The second-order valence-electron chi connectivity index (χ2n) is 7.06. The summed E-state index contributed by atoms with van der Waals surface area (Å²) in [5.74, 6) is 4.33. The van der Waals surface area contributed by atoms with Gasteiger partial charge in [-0.05, 0) is 54.4 Å². The molecular formula is C26H24FNO2. The molecular weight excluding hydrogens is 377 g/mol. The molecule has 0 atom stereocenters. The van der Waals surface area contributed by atoms with Gasteiger partial charge in [-0.15, -0.1) is 0 Å². The Kier molecular flexibility index (Phi) is 7.24. The molecule has 0 aliphatic carbocycles. The molecule has 1 N–H and O–H groups in total. The van der Waals surface area contributed by atoms with Gasteiger partial charge >= 0.3 is 5.97 Å². The second-order valence-corrected chi connectivity index (χ2v) is 7.06. The van der Waals surface area contributed by atoms with E-state index in [2.05, 4.69) is 23.7 Å². The Hall–Kier alpha value is -3.58. The molecule has 0 heterocycles. The van der Waals surface area contributed by atoms with Gasteiger partial charge < -0.3 is 10.0 Å². The highest BCUT2D eigenvalue weighted by Gasteiger charge is 2.14. The number of hydrogen-bond donors (Lipinski definition) is 1. The number of rotatable bonds is 7. The average Bonchev–Trinajstić information content (AvgIpc) is 2.77. The molecule has 0 spiro atoms. The van der Waals surface area contributed by atoms with Gasteiger partial charge in [0.05, 0.1) is 5.56 Å². The maximum atomic E-state index is 13.8. The lowest BCUT2D eigenvalue weighted by Crippen LogP contribution is -2.24. The first-order valence-electron chi connectivity index (χ1n) is 10.0. The summed E-state index contributed by atoms with van der Waals surface area (Å²) in [5, 5.41) is 9.23. The van der Waals surface area contributed by atoms with Crippen LogP contribution in [0.3, 0.4) is 0 Å². The molecule has 3 aromatic carbocycles. The quantitative estimate of drug-likeness (QED) is 0.514. The standard InChI is InChI=1S/C26H24FNO2/c1-2-3-17-28(23-15-16-25(27)24(18-23)26(29)30)19-22-13-11-21(12-14-22)10-9-20-7-5-4-6-8-20/h4-8,11-16,18H,2-3,17,19H2,1H3,(H,29,30). The predicted octanol–water partition coefficient (Wildman–Crippen LogP) is 5.73. The van der Waals surface area contributed by atoms with Crippen LogP contribution in [0, 0.1) is 17.7 Å². The molecule has 0 saturated heterocycles. The van der Waals surface area contributed by atoms with Crippen molar-refractivity contribution >= 4 is 11.7 Å². The van der Waals surface area contributed by atoms with Crippen LogP contribution in [-0.4, -0.2) is 17.6 Å². The Morgan fingerprint density at radius 1 is 0.967 bits per heavy atom. The van der Waals surface area contributed by atoms with Crippen LogP contribution in [0.2, 0.25) is 0 Å². The minimum absolute atomic E-state index is 0.305. The third kappa shape index (κ3) is 5.71. The largest absolute Gasteiger partial charge is 0.478 e. The normalized spacial score (nSPS) is 10.2. The number of hydrogen-bond acceptors (Lipinski definition) is 2. The van der Waals surface area contributed by atoms with Crippen molar-refractivity contribution in [1.29, 1.82) is 0 Å². The minimum Gasteiger partial charge on any atom is -0.478 e. The predicted molar refractivity (Wildman–Crippen MR) is 118 cm³/mol. The van der Waals surface area contributed by atoms with Gasteiger partial charge in [0.1, 0.15) is 5.82 Å². The van der Waals surface area contributed by atoms with Gasteiger partial charge in [0.2, 0.25) is 0 Å². The zero-order valence-corrected chi connectivity index (χ0v) is 16.9. The van der Waals surface area contributed by atoms with E-state index in [1.807, 2.05) is 54.6 Å². The molecule has 0 aliphatic heterocycles. The van der Waals surface area contributed by atoms with Crippen LogP contribution in [0.15, 0.2) is 72.8 Å². The average molecular weight is 401 g/mol. The number of nitrogens with zero attached hydrogens (tertiary/aromatic N) is 1. The summed E-state index contributed by atoms with van der Waals surface area (Å²) in [4.78, 5) is 13.4. The third-order valence-electron chi connectivity index (χ3n) is 4.78. The van der Waals surface area contributed by atoms with Crippen molar-refractivity contribution in [2.75, 3.05) is 11.4 Å². The van der Waals surface area contributed by atoms with Crippen LogP contribution in [0.4, 0.5) is 10.1 Å². The molecule has 152 valence electrons. The van der Waals surface area contributed by atoms with Crippen LogP contribution < -0.4 is 4.90 Å². The Balaban J connectivity index is 1.78. The summed E-state index contributed by atoms with van der Waals surface area (Å²) < 4.78 is 13.8. The topological polar surface area (TPSA) is 40.5 Å². The highest BCUT2D eigenvalue weighted by molar-refractivity contribution is 5.89. The van der Waals surface area contributed by atoms with Crippen molar-refractivity contribution < 1.29 is 14.3 Å². The molecule has 0 unspecified atom stereocenters. The van der Waals surface area contributed by atoms with Gasteiger partial charge in [-0.25, -0.2) is 9.18 Å². The van der Waals surface area contributed by atoms with Crippen LogP contribution >= 0.6 is 0 Å². The van der Waals surface area contributed by atoms with Gasteiger partial charge in [0.15, 0.2) is 0 Å². The number of aromatic carboxylic acids is 1. The van der Waals surface area contributed by atoms with Crippen LogP contribution in [0.25, 0.3) is 0 Å². The molecule has 0 saturated carbocycles. The monoisotopic (exact) mass is 401 g/mol. The van der Waals surface area contributed by atoms with Crippen molar-refractivity contribution in [3.63, 3.8) is 0 Å². The Morgan fingerprint density at radius 2 is 1.63 bits per heavy atom. The fourth-order valence-electron chi connectivity index (χ4n) is 3.10. The molecule has 30 heavy (non-hydrogen) atoms. The van der Waals surface area contributed by atoms with Gasteiger partial charge in [0, 0.05) is 29.9 Å². The number of anilines is 1. The molecule has 0 radical (unpaired) electrons. The summed E-state index contributed by atoms with van der Waals surface area (Å²) in [6.07, 6.45) is 1.97. The molecule has 3 aromatic rings. The molecule has 4 heteroatoms. The van der Waals surface area contributed by atoms with Crippen LogP contribution in [-0.2, 0) is 6.54 Å². The highest BCUT2D eigenvalue weighted by atomic mass is 19.1. The maximum absolute atomic E-state index is 13.8. The number of carboxylic acids is 1. The number of unbranched alkanes of at least 4 members (excludes halogenated alkanes) is 1. The van der Waals surface area contributed by atoms with E-state index in [-0.39, 0.29) is 5.56 Å². The number of carbonyl (C=O) groups is 1. The zero-order chi connectivity index (χ0) is 21.3. The third-order valence-corrected chi connectivity index (χ3v) is 4.78. The van der Waals surface area contributed by atoms with E-state index in [1.165, 1.54) is 12.1 Å². The lowest BCUT2D eigenvalue weighted by molar-refractivity contribution is 0.0692. The first-order chi connectivity index (χ1) is 14.6. The molecule has 0 aliphatic rings. The van der Waals surface area contributed by atoms with E-state index in [1.54, 1.807) is 6.07 Å². The Bertz CT molecular complexity index is 1050. The van der Waals surface area contributed by atoms with Crippen LogP contribution in [0.5, 0.6) is 0 Å². The smallest absolute Gasteiger partial charge is 0.338 e. The second kappa shape index (κ2) is 10.3. The van der Waals surface area contributed by atoms with E-state index in [4.69, 9.17) is 0 Å².